The summed E-state index contributed by atoms with van der Waals surface area (Å²) in [5.41, 5.74) is 2.81. The summed E-state index contributed by atoms with van der Waals surface area (Å²) in [5.74, 6) is 0. The molecule has 96 valence electrons. The van der Waals surface area contributed by atoms with Crippen LogP contribution in [0.3, 0.4) is 0 Å². The molecule has 0 unspecified atom stereocenters. The van der Waals surface area contributed by atoms with Crippen molar-refractivity contribution in [3.05, 3.63) is 65.1 Å². The first-order valence-electron chi connectivity index (χ1n) is 6.68. The Labute approximate surface area is 115 Å². The molecule has 0 nitrogen and oxygen atoms in total. The van der Waals surface area contributed by atoms with Gasteiger partial charge in [0.25, 0.3) is 0 Å². The van der Waals surface area contributed by atoms with Gasteiger partial charge < -0.3 is 0 Å². The highest BCUT2D eigenvalue weighted by Gasteiger charge is 2.10. The summed E-state index contributed by atoms with van der Waals surface area (Å²) in [4.78, 5) is 0. The summed E-state index contributed by atoms with van der Waals surface area (Å²) in [6.07, 6.45) is 8.97. The highest BCUT2D eigenvalue weighted by Crippen LogP contribution is 2.23. The Bertz CT molecular complexity index is 733. The molecule has 0 atom stereocenters. The minimum absolute atomic E-state index is 1.12. The molecule has 0 saturated heterocycles. The largest absolute Gasteiger partial charge is 0.106 e. The lowest BCUT2D eigenvalue weighted by molar-refractivity contribution is 0.978. The minimum atomic E-state index is 1.12. The van der Waals surface area contributed by atoms with E-state index < -0.39 is 0 Å². The standard InChI is InChI=1S/C17H16.C2H4/c1-3-13-12(2)14-8-4-5-10-16(14)17-11-7-6-9-15(13)17;1-2/h3,5-7,9-11H,2,4,8H2,1H3;1-2H2/b13-3+;. The van der Waals surface area contributed by atoms with Crippen LogP contribution in [0.1, 0.15) is 24.5 Å². The summed E-state index contributed by atoms with van der Waals surface area (Å²) < 4.78 is 0. The van der Waals surface area contributed by atoms with Crippen LogP contribution in [0, 0.1) is 0 Å². The molecule has 3 rings (SSSR count). The predicted molar refractivity (Wildman–Crippen MR) is 87.5 cm³/mol. The van der Waals surface area contributed by atoms with Crippen LogP contribution >= 0.6 is 0 Å². The number of hydrogen-bond acceptors (Lipinski definition) is 0. The van der Waals surface area contributed by atoms with E-state index in [1.54, 1.807) is 0 Å². The topological polar surface area (TPSA) is 0 Å². The maximum absolute atomic E-state index is 4.29. The van der Waals surface area contributed by atoms with Crippen LogP contribution < -0.4 is 10.4 Å². The van der Waals surface area contributed by atoms with Gasteiger partial charge in [-0.05, 0) is 52.1 Å². The van der Waals surface area contributed by atoms with E-state index in [9.17, 15) is 0 Å². The van der Waals surface area contributed by atoms with E-state index in [4.69, 9.17) is 0 Å². The fourth-order valence-corrected chi connectivity index (χ4v) is 2.84. The van der Waals surface area contributed by atoms with Crippen LogP contribution in [-0.2, 0) is 6.42 Å². The Hall–Kier alpha value is -2.08. The first-order chi connectivity index (χ1) is 9.33. The summed E-state index contributed by atoms with van der Waals surface area (Å²) in [6.45, 7) is 12.4. The van der Waals surface area contributed by atoms with Gasteiger partial charge in [-0.2, -0.15) is 0 Å². The summed E-state index contributed by atoms with van der Waals surface area (Å²) in [5, 5.41) is 5.20. The Balaban J connectivity index is 0.000000637. The van der Waals surface area contributed by atoms with E-state index in [0.29, 0.717) is 0 Å². The molecule has 1 aliphatic rings. The molecule has 0 saturated carbocycles. The molecule has 0 aliphatic heterocycles. The van der Waals surface area contributed by atoms with Crippen LogP contribution in [0.4, 0.5) is 0 Å². The Morgan fingerprint density at radius 3 is 2.47 bits per heavy atom. The van der Waals surface area contributed by atoms with Crippen LogP contribution in [-0.4, -0.2) is 0 Å². The second-order valence-electron chi connectivity index (χ2n) is 4.56. The molecule has 0 N–H and O–H groups in total. The van der Waals surface area contributed by atoms with Crippen molar-refractivity contribution in [2.45, 2.75) is 19.8 Å². The molecule has 0 spiro atoms. The first-order valence-corrected chi connectivity index (χ1v) is 6.68. The second-order valence-corrected chi connectivity index (χ2v) is 4.56. The lowest BCUT2D eigenvalue weighted by atomic mass is 9.89. The summed E-state index contributed by atoms with van der Waals surface area (Å²) in [7, 11) is 0. The van der Waals surface area contributed by atoms with E-state index in [0.717, 1.165) is 12.8 Å². The molecule has 0 fully saturated rings. The molecule has 0 bridgehead atoms. The lowest BCUT2D eigenvalue weighted by Crippen LogP contribution is -2.29. The number of hydrogen-bond donors (Lipinski definition) is 0. The van der Waals surface area contributed by atoms with Crippen molar-refractivity contribution >= 4 is 29.5 Å². The van der Waals surface area contributed by atoms with E-state index in [1.165, 1.54) is 32.3 Å². The highest BCUT2D eigenvalue weighted by molar-refractivity contribution is 5.93. The molecule has 1 aliphatic carbocycles. The number of fused-ring (bicyclic) bond motifs is 3. The van der Waals surface area contributed by atoms with Crippen LogP contribution in [0.2, 0.25) is 0 Å². The van der Waals surface area contributed by atoms with Crippen molar-refractivity contribution in [2.75, 3.05) is 0 Å². The zero-order valence-electron chi connectivity index (χ0n) is 11.6. The van der Waals surface area contributed by atoms with Gasteiger partial charge in [0, 0.05) is 0 Å². The molecule has 0 aromatic heterocycles. The van der Waals surface area contributed by atoms with E-state index in [-0.39, 0.29) is 0 Å². The van der Waals surface area contributed by atoms with Crippen molar-refractivity contribution in [2.24, 2.45) is 0 Å². The third kappa shape index (κ3) is 2.15. The van der Waals surface area contributed by atoms with Crippen molar-refractivity contribution in [1.29, 1.82) is 0 Å². The van der Waals surface area contributed by atoms with Gasteiger partial charge in [-0.15, -0.1) is 13.2 Å². The van der Waals surface area contributed by atoms with E-state index >= 15 is 0 Å². The maximum Gasteiger partial charge on any atom is -0.0102 e. The molecule has 0 amide bonds. The number of benzene rings is 2. The van der Waals surface area contributed by atoms with Crippen LogP contribution in [0.15, 0.2) is 43.5 Å². The summed E-state index contributed by atoms with van der Waals surface area (Å²) >= 11 is 0. The Morgan fingerprint density at radius 1 is 1.11 bits per heavy atom. The SMILES string of the molecule is C=C.C=c1c2c(c3ccccc3/c1=C/C)C=CCC2. The van der Waals surface area contributed by atoms with Gasteiger partial charge in [-0.1, -0.05) is 49.1 Å². The Kier molecular flexibility index (Phi) is 4.01. The molecule has 2 aromatic rings. The monoisotopic (exact) mass is 248 g/mol. The normalized spacial score (nSPS) is 13.8. The van der Waals surface area contributed by atoms with Crippen molar-refractivity contribution in [3.8, 4) is 0 Å². The van der Waals surface area contributed by atoms with E-state index in [1.807, 2.05) is 0 Å². The first kappa shape index (κ1) is 13.4. The van der Waals surface area contributed by atoms with Crippen molar-refractivity contribution in [1.82, 2.24) is 0 Å². The van der Waals surface area contributed by atoms with Gasteiger partial charge in [0.2, 0.25) is 0 Å². The molecular formula is C19H20. The van der Waals surface area contributed by atoms with Gasteiger partial charge in [0.05, 0.1) is 0 Å². The third-order valence-corrected chi connectivity index (χ3v) is 3.66. The minimum Gasteiger partial charge on any atom is -0.106 e. The van der Waals surface area contributed by atoms with Crippen molar-refractivity contribution in [3.63, 3.8) is 0 Å². The van der Waals surface area contributed by atoms with Gasteiger partial charge in [0.1, 0.15) is 0 Å². The molecular weight excluding hydrogens is 228 g/mol. The van der Waals surface area contributed by atoms with Gasteiger partial charge in [-0.25, -0.2) is 0 Å². The fourth-order valence-electron chi connectivity index (χ4n) is 2.84. The predicted octanol–water partition coefficient (Wildman–Crippen LogP) is 3.81. The smallest absolute Gasteiger partial charge is 0.0102 e. The quantitative estimate of drug-likeness (QED) is 0.622. The lowest BCUT2D eigenvalue weighted by Gasteiger charge is -2.15. The molecule has 0 heteroatoms. The molecule has 0 heterocycles. The number of allylic oxidation sites excluding steroid dienone is 1. The van der Waals surface area contributed by atoms with Crippen LogP contribution in [0.25, 0.3) is 29.5 Å². The van der Waals surface area contributed by atoms with Gasteiger partial charge in [0.15, 0.2) is 0 Å². The average molecular weight is 248 g/mol. The zero-order valence-corrected chi connectivity index (χ0v) is 11.6. The van der Waals surface area contributed by atoms with Crippen molar-refractivity contribution < 1.29 is 0 Å². The molecule has 19 heavy (non-hydrogen) atoms. The Morgan fingerprint density at radius 2 is 1.79 bits per heavy atom. The molecule has 0 radical (unpaired) electrons. The summed E-state index contributed by atoms with van der Waals surface area (Å²) in [6, 6.07) is 8.64. The van der Waals surface area contributed by atoms with Gasteiger partial charge in [-0.3, -0.25) is 0 Å². The fraction of sp³-hybridized carbons (Fsp3) is 0.158. The third-order valence-electron chi connectivity index (χ3n) is 3.66. The van der Waals surface area contributed by atoms with Crippen LogP contribution in [0.5, 0.6) is 0 Å². The molecule has 2 aromatic carbocycles. The second kappa shape index (κ2) is 5.71. The highest BCUT2D eigenvalue weighted by atomic mass is 14.1. The zero-order chi connectivity index (χ0) is 13.8. The average Bonchev–Trinajstić information content (AvgIpc) is 2.50. The number of rotatable bonds is 0. The van der Waals surface area contributed by atoms with E-state index in [2.05, 4.69) is 69.2 Å². The van der Waals surface area contributed by atoms with Gasteiger partial charge >= 0.3 is 0 Å². The maximum atomic E-state index is 4.29.